The van der Waals surface area contributed by atoms with Crippen LogP contribution < -0.4 is 4.74 Å². The van der Waals surface area contributed by atoms with E-state index in [2.05, 4.69) is 60.4 Å². The van der Waals surface area contributed by atoms with E-state index < -0.39 is 5.97 Å². The zero-order valence-corrected chi connectivity index (χ0v) is 20.8. The highest BCUT2D eigenvalue weighted by Crippen LogP contribution is 2.32. The second-order valence-corrected chi connectivity index (χ2v) is 9.41. The summed E-state index contributed by atoms with van der Waals surface area (Å²) in [6, 6.07) is 10.9. The number of aromatic nitrogens is 3. The number of thioether (sulfide) groups is 1. The highest BCUT2D eigenvalue weighted by atomic mass is 127. The molecule has 0 radical (unpaired) electrons. The number of aromatic amines is 1. The molecule has 1 heterocycles. The van der Waals surface area contributed by atoms with Crippen molar-refractivity contribution in [2.45, 2.75) is 12.1 Å². The highest BCUT2D eigenvalue weighted by Gasteiger charge is 2.16. The van der Waals surface area contributed by atoms with Gasteiger partial charge in [0.15, 0.2) is 5.82 Å². The zero-order valence-electron chi connectivity index (χ0n) is 14.9. The quantitative estimate of drug-likeness (QED) is 0.186. The predicted molar refractivity (Wildman–Crippen MR) is 131 cm³/mol. The molecule has 3 aromatic rings. The molecule has 150 valence electrons. The Morgan fingerprint density at radius 2 is 1.93 bits per heavy atom. The van der Waals surface area contributed by atoms with E-state index in [0.29, 0.717) is 22.6 Å². The number of ether oxygens (including phenoxy) is 1. The maximum Gasteiger partial charge on any atom is 0.342 e. The Balaban J connectivity index is 1.86. The Morgan fingerprint density at radius 1 is 1.28 bits per heavy atom. The van der Waals surface area contributed by atoms with Crippen LogP contribution in [0.3, 0.4) is 0 Å². The van der Waals surface area contributed by atoms with Gasteiger partial charge in [-0.05, 0) is 112 Å². The third-order valence-corrected chi connectivity index (χ3v) is 6.33. The molecule has 2 N–H and O–H groups in total. The Morgan fingerprint density at radius 3 is 2.52 bits per heavy atom. The fourth-order valence-corrected chi connectivity index (χ4v) is 5.32. The van der Waals surface area contributed by atoms with Crippen molar-refractivity contribution in [3.63, 3.8) is 0 Å². The minimum absolute atomic E-state index is 0.113. The van der Waals surface area contributed by atoms with E-state index in [1.807, 2.05) is 31.2 Å². The van der Waals surface area contributed by atoms with E-state index in [1.54, 1.807) is 18.2 Å². The summed E-state index contributed by atoms with van der Waals surface area (Å²) in [7, 11) is 0. The fourth-order valence-electron chi connectivity index (χ4n) is 2.36. The molecule has 6 nitrogen and oxygen atoms in total. The van der Waals surface area contributed by atoms with Crippen LogP contribution in [0, 0.1) is 7.14 Å². The van der Waals surface area contributed by atoms with Gasteiger partial charge in [0, 0.05) is 10.6 Å². The molecule has 0 unspecified atom stereocenters. The molecule has 0 aliphatic carbocycles. The number of aliphatic carboxylic acids is 1. The van der Waals surface area contributed by atoms with Crippen LogP contribution >= 0.6 is 68.5 Å². The van der Waals surface area contributed by atoms with Crippen molar-refractivity contribution in [1.82, 2.24) is 15.2 Å². The lowest BCUT2D eigenvalue weighted by Crippen LogP contribution is -1.99. The summed E-state index contributed by atoms with van der Waals surface area (Å²) >= 11 is 11.2. The van der Waals surface area contributed by atoms with Crippen LogP contribution in [-0.4, -0.2) is 32.9 Å². The first-order chi connectivity index (χ1) is 13.9. The largest absolute Gasteiger partial charge is 0.492 e. The van der Waals surface area contributed by atoms with Crippen LogP contribution in [0.25, 0.3) is 17.5 Å². The molecule has 1 aromatic heterocycles. The average Bonchev–Trinajstić information content (AvgIpc) is 3.13. The molecule has 2 aromatic carbocycles. The normalized spacial score (nSPS) is 11.5. The van der Waals surface area contributed by atoms with Crippen molar-refractivity contribution >= 4 is 80.6 Å². The van der Waals surface area contributed by atoms with Gasteiger partial charge < -0.3 is 9.84 Å². The number of rotatable bonds is 7. The minimum atomic E-state index is -1.05. The highest BCUT2D eigenvalue weighted by molar-refractivity contribution is 14.1. The van der Waals surface area contributed by atoms with E-state index in [-0.39, 0.29) is 4.91 Å². The summed E-state index contributed by atoms with van der Waals surface area (Å²) in [5.74, 6) is 0.294. The van der Waals surface area contributed by atoms with Gasteiger partial charge in [0.2, 0.25) is 5.16 Å². The molecule has 0 fully saturated rings. The third-order valence-electron chi connectivity index (χ3n) is 3.60. The number of H-pyrrole nitrogens is 1. The molecule has 0 amide bonds. The Bertz CT molecular complexity index is 1050. The molecule has 0 bridgehead atoms. The number of carboxylic acid groups (broad SMARTS) is 1. The average molecular weight is 654 g/mol. The number of nitrogens with one attached hydrogen (secondary N) is 1. The third kappa shape index (κ3) is 5.86. The summed E-state index contributed by atoms with van der Waals surface area (Å²) in [6.45, 7) is 2.49. The standard InChI is InChI=1S/C19H14ClI2N3O3S/c1-2-28-16-13(21)7-10(8-14(16)22)9-15(18(26)27)29-19-23-17(24-25-19)11-3-5-12(20)6-4-11/h3-9H,2H2,1H3,(H,26,27)(H,23,24,25)/b15-9-. The number of nitrogens with zero attached hydrogens (tertiary/aromatic N) is 2. The lowest BCUT2D eigenvalue weighted by molar-refractivity contribution is -0.131. The molecule has 0 atom stereocenters. The van der Waals surface area contributed by atoms with Crippen LogP contribution in [0.1, 0.15) is 12.5 Å². The first kappa shape index (κ1) is 22.4. The molecular formula is C19H14ClI2N3O3S. The second kappa shape index (κ2) is 10.1. The second-order valence-electron chi connectivity index (χ2n) is 5.64. The summed E-state index contributed by atoms with van der Waals surface area (Å²) < 4.78 is 7.47. The minimum Gasteiger partial charge on any atom is -0.492 e. The molecule has 0 spiro atoms. The number of carboxylic acids is 1. The Labute approximate surface area is 203 Å². The number of benzene rings is 2. The lowest BCUT2D eigenvalue weighted by atomic mass is 10.2. The summed E-state index contributed by atoms with van der Waals surface area (Å²) in [5.41, 5.74) is 1.57. The van der Waals surface area contributed by atoms with Gasteiger partial charge in [-0.1, -0.05) is 11.6 Å². The van der Waals surface area contributed by atoms with Crippen molar-refractivity contribution in [3.05, 3.63) is 59.0 Å². The molecular weight excluding hydrogens is 640 g/mol. The molecule has 3 rings (SSSR count). The van der Waals surface area contributed by atoms with Gasteiger partial charge in [-0.2, -0.15) is 0 Å². The molecule has 0 saturated heterocycles. The van der Waals surface area contributed by atoms with Gasteiger partial charge in [0.1, 0.15) is 10.7 Å². The summed E-state index contributed by atoms with van der Waals surface area (Å²) in [6.07, 6.45) is 1.60. The lowest BCUT2D eigenvalue weighted by Gasteiger charge is -2.10. The van der Waals surface area contributed by atoms with Crippen LogP contribution in [0.15, 0.2) is 46.5 Å². The van der Waals surface area contributed by atoms with Gasteiger partial charge in [-0.3, -0.25) is 5.10 Å². The molecule has 10 heteroatoms. The topological polar surface area (TPSA) is 88.1 Å². The monoisotopic (exact) mass is 653 g/mol. The van der Waals surface area contributed by atoms with Crippen LogP contribution in [-0.2, 0) is 4.79 Å². The van der Waals surface area contributed by atoms with Gasteiger partial charge in [0.05, 0.1) is 13.7 Å². The number of halogens is 3. The van der Waals surface area contributed by atoms with Crippen LogP contribution in [0.4, 0.5) is 0 Å². The molecule has 0 aliphatic rings. The van der Waals surface area contributed by atoms with Crippen LogP contribution in [0.2, 0.25) is 5.02 Å². The van der Waals surface area contributed by atoms with E-state index in [0.717, 1.165) is 35.8 Å². The Hall–Kier alpha value is -1.31. The number of hydrogen-bond acceptors (Lipinski definition) is 5. The zero-order chi connectivity index (χ0) is 21.0. The maximum absolute atomic E-state index is 11.8. The first-order valence-corrected chi connectivity index (χ1v) is 11.7. The van der Waals surface area contributed by atoms with Crippen molar-refractivity contribution in [2.24, 2.45) is 0 Å². The summed E-state index contributed by atoms with van der Waals surface area (Å²) in [4.78, 5) is 16.3. The summed E-state index contributed by atoms with van der Waals surface area (Å²) in [5, 5.41) is 17.5. The fraction of sp³-hybridized carbons (Fsp3) is 0.105. The molecule has 0 saturated carbocycles. The molecule has 0 aliphatic heterocycles. The van der Waals surface area contributed by atoms with E-state index >= 15 is 0 Å². The van der Waals surface area contributed by atoms with Crippen molar-refractivity contribution in [1.29, 1.82) is 0 Å². The van der Waals surface area contributed by atoms with E-state index in [9.17, 15) is 9.90 Å². The SMILES string of the molecule is CCOc1c(I)cc(/C=C(\Sc2n[nH]c(-c3ccc(Cl)cc3)n2)C(=O)O)cc1I. The number of carbonyl (C=O) groups is 1. The van der Waals surface area contributed by atoms with E-state index in [1.165, 1.54) is 0 Å². The van der Waals surface area contributed by atoms with E-state index in [4.69, 9.17) is 16.3 Å². The van der Waals surface area contributed by atoms with Crippen LogP contribution in [0.5, 0.6) is 5.75 Å². The predicted octanol–water partition coefficient (Wildman–Crippen LogP) is 5.95. The number of hydrogen-bond donors (Lipinski definition) is 2. The Kier molecular flexibility index (Phi) is 7.82. The van der Waals surface area contributed by atoms with Crippen molar-refractivity contribution in [3.8, 4) is 17.1 Å². The first-order valence-electron chi connectivity index (χ1n) is 8.30. The van der Waals surface area contributed by atoms with Crippen molar-refractivity contribution < 1.29 is 14.6 Å². The maximum atomic E-state index is 11.8. The smallest absolute Gasteiger partial charge is 0.342 e. The van der Waals surface area contributed by atoms with Gasteiger partial charge in [-0.15, -0.1) is 5.10 Å². The van der Waals surface area contributed by atoms with Gasteiger partial charge >= 0.3 is 5.97 Å². The van der Waals surface area contributed by atoms with Gasteiger partial charge in [-0.25, -0.2) is 9.78 Å². The molecule has 29 heavy (non-hydrogen) atoms. The van der Waals surface area contributed by atoms with Gasteiger partial charge in [0.25, 0.3) is 0 Å². The van der Waals surface area contributed by atoms with Crippen molar-refractivity contribution in [2.75, 3.05) is 6.61 Å².